The Hall–Kier alpha value is -1.85. The van der Waals surface area contributed by atoms with Gasteiger partial charge in [-0.25, -0.2) is 0 Å². The van der Waals surface area contributed by atoms with E-state index in [4.69, 9.17) is 17.3 Å². The average molecular weight is 307 g/mol. The Morgan fingerprint density at radius 2 is 2.19 bits per heavy atom. The van der Waals surface area contributed by atoms with Crippen LogP contribution in [0.15, 0.2) is 30.5 Å². The van der Waals surface area contributed by atoms with Crippen molar-refractivity contribution in [2.45, 2.75) is 12.5 Å². The molecule has 3 N–H and O–H groups in total. The van der Waals surface area contributed by atoms with E-state index in [0.717, 1.165) is 16.6 Å². The van der Waals surface area contributed by atoms with Gasteiger partial charge in [0.15, 0.2) is 0 Å². The minimum Gasteiger partial charge on any atom is -0.379 e. The lowest BCUT2D eigenvalue weighted by Gasteiger charge is -2.20. The number of hydrogen-bond acceptors (Lipinski definition) is 4. The molecule has 0 bridgehead atoms. The molecule has 1 heterocycles. The lowest BCUT2D eigenvalue weighted by molar-refractivity contribution is -0.128. The normalized spacial score (nSPS) is 12.2. The summed E-state index contributed by atoms with van der Waals surface area (Å²) in [5.41, 5.74) is 7.37. The molecule has 21 heavy (non-hydrogen) atoms. The number of rotatable bonds is 5. The molecule has 0 aliphatic rings. The van der Waals surface area contributed by atoms with Crippen LogP contribution in [0.1, 0.15) is 6.42 Å². The molecule has 0 saturated carbocycles. The zero-order chi connectivity index (χ0) is 15.4. The highest BCUT2D eigenvalue weighted by Crippen LogP contribution is 2.28. The molecule has 0 fully saturated rings. The summed E-state index contributed by atoms with van der Waals surface area (Å²) >= 11 is 6.17. The molecule has 0 saturated heterocycles. The minimum atomic E-state index is -0.147. The first-order chi connectivity index (χ1) is 10.0. The van der Waals surface area contributed by atoms with E-state index in [1.807, 2.05) is 24.3 Å². The van der Waals surface area contributed by atoms with Crippen LogP contribution in [0, 0.1) is 0 Å². The molecule has 6 heteroatoms. The largest absolute Gasteiger partial charge is 0.379 e. The van der Waals surface area contributed by atoms with Crippen molar-refractivity contribution in [1.29, 1.82) is 0 Å². The number of nitrogens with two attached hydrogens (primary N) is 1. The molecule has 0 spiro atoms. The van der Waals surface area contributed by atoms with Gasteiger partial charge in [0, 0.05) is 44.7 Å². The molecular formula is C15H19ClN4O. The van der Waals surface area contributed by atoms with E-state index in [9.17, 15) is 4.79 Å². The Labute approximate surface area is 129 Å². The fourth-order valence-electron chi connectivity index (χ4n) is 2.06. The Balaban J connectivity index is 2.26. The summed E-state index contributed by atoms with van der Waals surface area (Å²) in [6.07, 6.45) is 2.05. The van der Waals surface area contributed by atoms with Crippen molar-refractivity contribution in [3.63, 3.8) is 0 Å². The van der Waals surface area contributed by atoms with Crippen LogP contribution in [-0.4, -0.2) is 42.5 Å². The first kappa shape index (κ1) is 15.5. The highest BCUT2D eigenvalue weighted by molar-refractivity contribution is 6.35. The summed E-state index contributed by atoms with van der Waals surface area (Å²) in [4.78, 5) is 17.7. The molecule has 112 valence electrons. The number of nitrogens with one attached hydrogen (secondary N) is 1. The second-order valence-corrected chi connectivity index (χ2v) is 5.47. The van der Waals surface area contributed by atoms with Crippen molar-refractivity contribution >= 4 is 34.1 Å². The Kier molecular flexibility index (Phi) is 4.98. The molecule has 1 amide bonds. The van der Waals surface area contributed by atoms with Gasteiger partial charge in [-0.2, -0.15) is 0 Å². The maximum Gasteiger partial charge on any atom is 0.224 e. The third kappa shape index (κ3) is 3.62. The molecule has 1 unspecified atom stereocenters. The molecule has 5 nitrogen and oxygen atoms in total. The molecule has 1 atom stereocenters. The first-order valence-corrected chi connectivity index (χ1v) is 7.10. The van der Waals surface area contributed by atoms with Crippen LogP contribution in [0.2, 0.25) is 5.02 Å². The minimum absolute atomic E-state index is 0.0316. The lowest BCUT2D eigenvalue weighted by atomic mass is 10.1. The molecule has 0 aliphatic heterocycles. The van der Waals surface area contributed by atoms with Gasteiger partial charge in [-0.1, -0.05) is 11.6 Å². The second kappa shape index (κ2) is 6.74. The fourth-order valence-corrected chi connectivity index (χ4v) is 2.28. The molecule has 0 aliphatic carbocycles. The topological polar surface area (TPSA) is 71.2 Å². The van der Waals surface area contributed by atoms with Crippen LogP contribution in [0.3, 0.4) is 0 Å². The van der Waals surface area contributed by atoms with Crippen molar-refractivity contribution in [3.8, 4) is 0 Å². The predicted octanol–water partition coefficient (Wildman–Crippen LogP) is 2.11. The first-order valence-electron chi connectivity index (χ1n) is 6.73. The standard InChI is InChI=1S/C15H19ClN4O/c1-20(2)14(21)8-10(9-17)19-13-6-5-12(16)11-4-3-7-18-15(11)13/h3-7,10,19H,8-9,17H2,1-2H3. The van der Waals surface area contributed by atoms with Gasteiger partial charge in [0.25, 0.3) is 0 Å². The van der Waals surface area contributed by atoms with E-state index >= 15 is 0 Å². The van der Waals surface area contributed by atoms with Gasteiger partial charge in [-0.15, -0.1) is 0 Å². The maximum absolute atomic E-state index is 11.8. The van der Waals surface area contributed by atoms with Crippen LogP contribution in [0.25, 0.3) is 10.9 Å². The average Bonchev–Trinajstić information content (AvgIpc) is 2.49. The van der Waals surface area contributed by atoms with Crippen LogP contribution in [-0.2, 0) is 4.79 Å². The van der Waals surface area contributed by atoms with Crippen molar-refractivity contribution in [3.05, 3.63) is 35.5 Å². The number of anilines is 1. The van der Waals surface area contributed by atoms with Gasteiger partial charge in [0.2, 0.25) is 5.91 Å². The number of nitrogens with zero attached hydrogens (tertiary/aromatic N) is 2. The van der Waals surface area contributed by atoms with E-state index in [2.05, 4.69) is 10.3 Å². The lowest BCUT2D eigenvalue weighted by Crippen LogP contribution is -2.35. The van der Waals surface area contributed by atoms with E-state index in [0.29, 0.717) is 18.0 Å². The van der Waals surface area contributed by atoms with Crippen LogP contribution in [0.4, 0.5) is 5.69 Å². The molecule has 0 radical (unpaired) electrons. The van der Waals surface area contributed by atoms with Crippen molar-refractivity contribution in [1.82, 2.24) is 9.88 Å². The molecule has 2 rings (SSSR count). The zero-order valence-corrected chi connectivity index (χ0v) is 12.9. The summed E-state index contributed by atoms with van der Waals surface area (Å²) in [6, 6.07) is 7.29. The maximum atomic E-state index is 11.8. The van der Waals surface area contributed by atoms with Crippen molar-refractivity contribution in [2.24, 2.45) is 5.73 Å². The van der Waals surface area contributed by atoms with Gasteiger partial charge >= 0.3 is 0 Å². The number of carbonyl (C=O) groups is 1. The zero-order valence-electron chi connectivity index (χ0n) is 12.1. The van der Waals surface area contributed by atoms with Gasteiger partial charge in [0.1, 0.15) is 0 Å². The van der Waals surface area contributed by atoms with Crippen molar-refractivity contribution in [2.75, 3.05) is 26.0 Å². The highest BCUT2D eigenvalue weighted by atomic mass is 35.5. The quantitative estimate of drug-likeness (QED) is 0.887. The molecule has 2 aromatic rings. The van der Waals surface area contributed by atoms with Gasteiger partial charge in [-0.05, 0) is 24.3 Å². The number of pyridine rings is 1. The SMILES string of the molecule is CN(C)C(=O)CC(CN)Nc1ccc(Cl)c2cccnc12. The van der Waals surface area contributed by atoms with Crippen LogP contribution in [0.5, 0.6) is 0 Å². The third-order valence-electron chi connectivity index (χ3n) is 3.28. The number of carbonyl (C=O) groups excluding carboxylic acids is 1. The molecular weight excluding hydrogens is 288 g/mol. The Morgan fingerprint density at radius 1 is 1.43 bits per heavy atom. The van der Waals surface area contributed by atoms with E-state index < -0.39 is 0 Å². The number of benzene rings is 1. The molecule has 1 aromatic carbocycles. The summed E-state index contributed by atoms with van der Waals surface area (Å²) in [5, 5.41) is 4.82. The smallest absolute Gasteiger partial charge is 0.224 e. The Morgan fingerprint density at radius 3 is 2.86 bits per heavy atom. The number of fused-ring (bicyclic) bond motifs is 1. The van der Waals surface area contributed by atoms with E-state index in [-0.39, 0.29) is 11.9 Å². The predicted molar refractivity (Wildman–Crippen MR) is 86.5 cm³/mol. The highest BCUT2D eigenvalue weighted by Gasteiger charge is 2.15. The number of aromatic nitrogens is 1. The number of halogens is 1. The summed E-state index contributed by atoms with van der Waals surface area (Å²) in [7, 11) is 3.46. The van der Waals surface area contributed by atoms with Crippen LogP contribution >= 0.6 is 11.6 Å². The summed E-state index contributed by atoms with van der Waals surface area (Å²) in [6.45, 7) is 0.358. The molecule has 1 aromatic heterocycles. The van der Waals surface area contributed by atoms with E-state index in [1.54, 1.807) is 25.2 Å². The summed E-state index contributed by atoms with van der Waals surface area (Å²) < 4.78 is 0. The second-order valence-electron chi connectivity index (χ2n) is 5.06. The third-order valence-corrected chi connectivity index (χ3v) is 3.61. The number of amides is 1. The number of hydrogen-bond donors (Lipinski definition) is 2. The fraction of sp³-hybridized carbons (Fsp3) is 0.333. The monoisotopic (exact) mass is 306 g/mol. The van der Waals surface area contributed by atoms with Crippen molar-refractivity contribution < 1.29 is 4.79 Å². The van der Waals surface area contributed by atoms with Gasteiger partial charge < -0.3 is 16.0 Å². The van der Waals surface area contributed by atoms with Gasteiger partial charge in [-0.3, -0.25) is 9.78 Å². The van der Waals surface area contributed by atoms with Gasteiger partial charge in [0.05, 0.1) is 16.2 Å². The van der Waals surface area contributed by atoms with Crippen LogP contribution < -0.4 is 11.1 Å². The Bertz CT molecular complexity index is 645. The van der Waals surface area contributed by atoms with E-state index in [1.165, 1.54) is 0 Å². The summed E-state index contributed by atoms with van der Waals surface area (Å²) in [5.74, 6) is 0.0316.